The molecule has 0 saturated heterocycles. The second-order valence-electron chi connectivity index (χ2n) is 3.66. The van der Waals surface area contributed by atoms with Crippen LogP contribution in [0.5, 0.6) is 0 Å². The second-order valence-corrected chi connectivity index (χ2v) is 3.66. The van der Waals surface area contributed by atoms with Gasteiger partial charge in [-0.2, -0.15) is 0 Å². The van der Waals surface area contributed by atoms with E-state index in [1.165, 1.54) is 0 Å². The van der Waals surface area contributed by atoms with Crippen molar-refractivity contribution in [1.82, 2.24) is 5.32 Å². The fourth-order valence-electron chi connectivity index (χ4n) is 1.23. The van der Waals surface area contributed by atoms with E-state index in [2.05, 4.69) is 18.2 Å². The smallest absolute Gasteiger partial charge is 0.0632 e. The van der Waals surface area contributed by atoms with Crippen LogP contribution < -0.4 is 5.32 Å². The first-order valence-electron chi connectivity index (χ1n) is 4.99. The van der Waals surface area contributed by atoms with Crippen LogP contribution in [-0.4, -0.2) is 23.8 Å². The highest BCUT2D eigenvalue weighted by Crippen LogP contribution is 2.16. The van der Waals surface area contributed by atoms with Gasteiger partial charge in [0.15, 0.2) is 0 Å². The second kappa shape index (κ2) is 6.94. The van der Waals surface area contributed by atoms with Crippen LogP contribution in [0, 0.1) is 12.3 Å². The summed E-state index contributed by atoms with van der Waals surface area (Å²) in [4.78, 5) is 0. The fraction of sp³-hybridized carbons (Fsp3) is 0.818. The maximum Gasteiger partial charge on any atom is 0.0632 e. The van der Waals surface area contributed by atoms with Crippen LogP contribution in [0.1, 0.15) is 39.5 Å². The number of terminal acetylenes is 1. The first kappa shape index (κ1) is 12.5. The van der Waals surface area contributed by atoms with Gasteiger partial charge in [0.25, 0.3) is 0 Å². The summed E-state index contributed by atoms with van der Waals surface area (Å²) in [5.74, 6) is 2.58. The van der Waals surface area contributed by atoms with Crippen molar-refractivity contribution in [2.45, 2.75) is 45.1 Å². The molecule has 0 aliphatic rings. The van der Waals surface area contributed by atoms with E-state index in [1.807, 2.05) is 6.92 Å². The Bertz CT molecular complexity index is 158. The lowest BCUT2D eigenvalue weighted by Gasteiger charge is -2.22. The van der Waals surface area contributed by atoms with Crippen molar-refractivity contribution in [2.75, 3.05) is 13.1 Å². The Hall–Kier alpha value is -0.520. The van der Waals surface area contributed by atoms with Gasteiger partial charge in [-0.15, -0.1) is 12.3 Å². The normalized spacial score (nSPS) is 14.9. The maximum atomic E-state index is 9.86. The molecular weight excluding hydrogens is 162 g/mol. The SMILES string of the molecule is C#CCCCC(C)(O)CCNCC. The fourth-order valence-corrected chi connectivity index (χ4v) is 1.23. The molecule has 0 fully saturated rings. The Kier molecular flexibility index (Phi) is 6.66. The monoisotopic (exact) mass is 183 g/mol. The van der Waals surface area contributed by atoms with Crippen LogP contribution in [0.3, 0.4) is 0 Å². The molecule has 2 N–H and O–H groups in total. The Morgan fingerprint density at radius 2 is 2.15 bits per heavy atom. The highest BCUT2D eigenvalue weighted by molar-refractivity contribution is 4.85. The van der Waals surface area contributed by atoms with E-state index in [0.717, 1.165) is 38.8 Å². The third-order valence-corrected chi connectivity index (χ3v) is 2.13. The molecule has 0 amide bonds. The van der Waals surface area contributed by atoms with Gasteiger partial charge in [-0.25, -0.2) is 0 Å². The first-order chi connectivity index (χ1) is 6.12. The molecule has 0 saturated carbocycles. The molecule has 2 heteroatoms. The van der Waals surface area contributed by atoms with Crippen LogP contribution >= 0.6 is 0 Å². The van der Waals surface area contributed by atoms with E-state index in [0.29, 0.717) is 0 Å². The summed E-state index contributed by atoms with van der Waals surface area (Å²) in [6.45, 7) is 5.77. The Labute approximate surface area is 81.7 Å². The number of aliphatic hydroxyl groups is 1. The molecule has 0 spiro atoms. The van der Waals surface area contributed by atoms with Gasteiger partial charge in [0, 0.05) is 6.42 Å². The molecule has 1 unspecified atom stereocenters. The van der Waals surface area contributed by atoms with E-state index in [-0.39, 0.29) is 0 Å². The van der Waals surface area contributed by atoms with Crippen molar-refractivity contribution < 1.29 is 5.11 Å². The molecule has 76 valence electrons. The van der Waals surface area contributed by atoms with Gasteiger partial charge >= 0.3 is 0 Å². The predicted molar refractivity (Wildman–Crippen MR) is 56.5 cm³/mol. The summed E-state index contributed by atoms with van der Waals surface area (Å²) >= 11 is 0. The minimum absolute atomic E-state index is 0.557. The summed E-state index contributed by atoms with van der Waals surface area (Å²) < 4.78 is 0. The minimum Gasteiger partial charge on any atom is -0.390 e. The molecular formula is C11H21NO. The minimum atomic E-state index is -0.557. The quantitative estimate of drug-likeness (QED) is 0.463. The van der Waals surface area contributed by atoms with Crippen LogP contribution in [0.4, 0.5) is 0 Å². The van der Waals surface area contributed by atoms with Gasteiger partial charge in [-0.3, -0.25) is 0 Å². The molecule has 0 rings (SSSR count). The van der Waals surface area contributed by atoms with Crippen LogP contribution in [0.2, 0.25) is 0 Å². The van der Waals surface area contributed by atoms with Gasteiger partial charge in [-0.1, -0.05) is 6.92 Å². The summed E-state index contributed by atoms with van der Waals surface area (Å²) in [5.41, 5.74) is -0.557. The average molecular weight is 183 g/mol. The number of nitrogens with one attached hydrogen (secondary N) is 1. The van der Waals surface area contributed by atoms with Gasteiger partial charge in [0.05, 0.1) is 5.60 Å². The number of hydrogen-bond acceptors (Lipinski definition) is 2. The number of unbranched alkanes of at least 4 members (excludes halogenated alkanes) is 1. The third-order valence-electron chi connectivity index (χ3n) is 2.13. The first-order valence-corrected chi connectivity index (χ1v) is 4.99. The lowest BCUT2D eigenvalue weighted by Crippen LogP contribution is -2.29. The van der Waals surface area contributed by atoms with E-state index < -0.39 is 5.60 Å². The predicted octanol–water partition coefficient (Wildman–Crippen LogP) is 1.54. The molecule has 1 atom stereocenters. The molecule has 2 nitrogen and oxygen atoms in total. The standard InChI is InChI=1S/C11H21NO/c1-4-6-7-8-11(3,13)9-10-12-5-2/h1,12-13H,5-10H2,2-3H3. The molecule has 0 aromatic rings. The lowest BCUT2D eigenvalue weighted by molar-refractivity contribution is 0.0408. The summed E-state index contributed by atoms with van der Waals surface area (Å²) in [5, 5.41) is 13.1. The molecule has 0 aromatic carbocycles. The van der Waals surface area contributed by atoms with Crippen molar-refractivity contribution in [3.8, 4) is 12.3 Å². The number of hydrogen-bond donors (Lipinski definition) is 2. The van der Waals surface area contributed by atoms with E-state index in [9.17, 15) is 5.11 Å². The highest BCUT2D eigenvalue weighted by atomic mass is 16.3. The van der Waals surface area contributed by atoms with Crippen molar-refractivity contribution in [1.29, 1.82) is 0 Å². The van der Waals surface area contributed by atoms with Crippen molar-refractivity contribution in [3.05, 3.63) is 0 Å². The van der Waals surface area contributed by atoms with Gasteiger partial charge in [-0.05, 0) is 39.3 Å². The Balaban J connectivity index is 3.49. The molecule has 0 aromatic heterocycles. The van der Waals surface area contributed by atoms with Crippen molar-refractivity contribution >= 4 is 0 Å². The summed E-state index contributed by atoms with van der Waals surface area (Å²) in [6.07, 6.45) is 8.40. The molecule has 0 bridgehead atoms. The van der Waals surface area contributed by atoms with Crippen LogP contribution in [-0.2, 0) is 0 Å². The summed E-state index contributed by atoms with van der Waals surface area (Å²) in [6, 6.07) is 0. The van der Waals surface area contributed by atoms with E-state index >= 15 is 0 Å². The van der Waals surface area contributed by atoms with E-state index in [1.54, 1.807) is 0 Å². The zero-order chi connectivity index (χ0) is 10.2. The summed E-state index contributed by atoms with van der Waals surface area (Å²) in [7, 11) is 0. The van der Waals surface area contributed by atoms with Crippen LogP contribution in [0.25, 0.3) is 0 Å². The van der Waals surface area contributed by atoms with Crippen molar-refractivity contribution in [2.24, 2.45) is 0 Å². The molecule has 0 aliphatic carbocycles. The zero-order valence-corrected chi connectivity index (χ0v) is 8.77. The molecule has 0 radical (unpaired) electrons. The topological polar surface area (TPSA) is 32.3 Å². The van der Waals surface area contributed by atoms with Crippen molar-refractivity contribution in [3.63, 3.8) is 0 Å². The van der Waals surface area contributed by atoms with Crippen LogP contribution in [0.15, 0.2) is 0 Å². The molecule has 0 heterocycles. The Morgan fingerprint density at radius 1 is 1.46 bits per heavy atom. The van der Waals surface area contributed by atoms with Gasteiger partial charge in [0.1, 0.15) is 0 Å². The third kappa shape index (κ3) is 7.83. The largest absolute Gasteiger partial charge is 0.390 e. The van der Waals surface area contributed by atoms with Gasteiger partial charge < -0.3 is 10.4 Å². The Morgan fingerprint density at radius 3 is 2.69 bits per heavy atom. The number of rotatable bonds is 7. The van der Waals surface area contributed by atoms with Gasteiger partial charge in [0.2, 0.25) is 0 Å². The van der Waals surface area contributed by atoms with E-state index in [4.69, 9.17) is 6.42 Å². The lowest BCUT2D eigenvalue weighted by atomic mass is 9.95. The molecule has 13 heavy (non-hydrogen) atoms. The highest BCUT2D eigenvalue weighted by Gasteiger charge is 2.18. The molecule has 0 aliphatic heterocycles. The zero-order valence-electron chi connectivity index (χ0n) is 8.77. The average Bonchev–Trinajstić information content (AvgIpc) is 2.05. The maximum absolute atomic E-state index is 9.86.